The molecule has 4 rings (SSSR count). The summed E-state index contributed by atoms with van der Waals surface area (Å²) in [4.78, 5) is 51.8. The highest BCUT2D eigenvalue weighted by molar-refractivity contribution is 6.40. The summed E-state index contributed by atoms with van der Waals surface area (Å²) < 4.78 is 5.72. The van der Waals surface area contributed by atoms with Crippen LogP contribution in [0.4, 0.5) is 16.2 Å². The van der Waals surface area contributed by atoms with Crippen molar-refractivity contribution in [2.75, 3.05) is 16.8 Å². The summed E-state index contributed by atoms with van der Waals surface area (Å²) in [6.45, 7) is 5.25. The number of barbiturate groups is 1. The van der Waals surface area contributed by atoms with Crippen LogP contribution in [0.5, 0.6) is 5.75 Å². The van der Waals surface area contributed by atoms with Crippen molar-refractivity contribution in [2.45, 2.75) is 20.8 Å². The number of hydrogen-bond donors (Lipinski definition) is 2. The first-order chi connectivity index (χ1) is 17.7. The lowest BCUT2D eigenvalue weighted by atomic mass is 10.0. The second kappa shape index (κ2) is 10.7. The van der Waals surface area contributed by atoms with Crippen LogP contribution in [0.1, 0.15) is 22.3 Å². The van der Waals surface area contributed by atoms with Crippen molar-refractivity contribution in [3.8, 4) is 5.75 Å². The van der Waals surface area contributed by atoms with E-state index in [9.17, 15) is 19.2 Å². The zero-order valence-corrected chi connectivity index (χ0v) is 21.2. The lowest BCUT2D eigenvalue weighted by Gasteiger charge is -2.27. The Morgan fingerprint density at radius 2 is 1.70 bits per heavy atom. The van der Waals surface area contributed by atoms with Crippen LogP contribution in [0.15, 0.2) is 66.2 Å². The number of benzene rings is 3. The number of ether oxygens (including phenoxy) is 1. The van der Waals surface area contributed by atoms with Gasteiger partial charge in [-0.3, -0.25) is 19.7 Å². The van der Waals surface area contributed by atoms with Crippen molar-refractivity contribution < 1.29 is 23.9 Å². The third-order valence-corrected chi connectivity index (χ3v) is 6.45. The van der Waals surface area contributed by atoms with Gasteiger partial charge in [0, 0.05) is 16.3 Å². The second-order valence-corrected chi connectivity index (χ2v) is 8.87. The van der Waals surface area contributed by atoms with Crippen LogP contribution in [0.25, 0.3) is 6.08 Å². The van der Waals surface area contributed by atoms with E-state index in [4.69, 9.17) is 16.3 Å². The average Bonchev–Trinajstić information content (AvgIpc) is 2.86. The minimum Gasteiger partial charge on any atom is -0.483 e. The number of aryl methyl sites for hydroxylation is 1. The van der Waals surface area contributed by atoms with Crippen molar-refractivity contribution >= 4 is 52.8 Å². The molecule has 0 unspecified atom stereocenters. The lowest BCUT2D eigenvalue weighted by Crippen LogP contribution is -2.54. The van der Waals surface area contributed by atoms with Crippen molar-refractivity contribution in [1.82, 2.24) is 5.32 Å². The smallest absolute Gasteiger partial charge is 0.335 e. The summed E-state index contributed by atoms with van der Waals surface area (Å²) in [6, 6.07) is 16.2. The number of amides is 5. The second-order valence-electron chi connectivity index (χ2n) is 8.46. The third kappa shape index (κ3) is 5.39. The van der Waals surface area contributed by atoms with Gasteiger partial charge in [0.05, 0.1) is 5.69 Å². The van der Waals surface area contributed by atoms with E-state index in [1.807, 2.05) is 26.0 Å². The molecule has 9 heteroatoms. The number of imide groups is 2. The lowest BCUT2D eigenvalue weighted by molar-refractivity contribution is -0.122. The Kier molecular flexibility index (Phi) is 7.40. The highest BCUT2D eigenvalue weighted by atomic mass is 35.5. The van der Waals surface area contributed by atoms with Gasteiger partial charge >= 0.3 is 6.03 Å². The number of carbonyl (C=O) groups excluding carboxylic acids is 4. The van der Waals surface area contributed by atoms with Gasteiger partial charge in [0.1, 0.15) is 11.3 Å². The number of hydrogen-bond acceptors (Lipinski definition) is 5. The Morgan fingerprint density at radius 1 is 0.973 bits per heavy atom. The van der Waals surface area contributed by atoms with E-state index in [0.29, 0.717) is 21.8 Å². The van der Waals surface area contributed by atoms with Gasteiger partial charge < -0.3 is 10.1 Å². The van der Waals surface area contributed by atoms with E-state index in [1.165, 1.54) is 6.08 Å². The van der Waals surface area contributed by atoms with Crippen molar-refractivity contribution in [1.29, 1.82) is 0 Å². The van der Waals surface area contributed by atoms with Crippen LogP contribution in [0.2, 0.25) is 5.02 Å². The van der Waals surface area contributed by atoms with Crippen LogP contribution in [-0.4, -0.2) is 30.4 Å². The summed E-state index contributed by atoms with van der Waals surface area (Å²) in [5.74, 6) is -1.72. The Balaban J connectivity index is 1.57. The van der Waals surface area contributed by atoms with Gasteiger partial charge in [-0.15, -0.1) is 0 Å². The van der Waals surface area contributed by atoms with Gasteiger partial charge in [0.15, 0.2) is 6.61 Å². The van der Waals surface area contributed by atoms with Crippen LogP contribution in [-0.2, 0) is 14.4 Å². The largest absolute Gasteiger partial charge is 0.483 e. The number of urea groups is 1. The minimum atomic E-state index is -0.870. The Bertz CT molecular complexity index is 1460. The molecule has 1 fully saturated rings. The predicted octanol–water partition coefficient (Wildman–Crippen LogP) is 4.95. The molecular weight excluding hydrogens is 494 g/mol. The molecule has 0 atom stereocenters. The molecule has 2 N–H and O–H groups in total. The van der Waals surface area contributed by atoms with Gasteiger partial charge in [0.25, 0.3) is 17.7 Å². The van der Waals surface area contributed by atoms with E-state index >= 15 is 0 Å². The molecule has 0 radical (unpaired) electrons. The third-order valence-electron chi connectivity index (χ3n) is 6.04. The molecule has 3 aromatic carbocycles. The summed E-state index contributed by atoms with van der Waals surface area (Å²) >= 11 is 6.17. The summed E-state index contributed by atoms with van der Waals surface area (Å²) in [7, 11) is 0. The van der Waals surface area contributed by atoms with E-state index in [2.05, 4.69) is 10.6 Å². The maximum Gasteiger partial charge on any atom is 0.335 e. The molecule has 1 heterocycles. The molecular formula is C28H24ClN3O5. The molecule has 37 heavy (non-hydrogen) atoms. The monoisotopic (exact) mass is 517 g/mol. The van der Waals surface area contributed by atoms with Crippen LogP contribution in [0.3, 0.4) is 0 Å². The van der Waals surface area contributed by atoms with Gasteiger partial charge in [-0.05, 0) is 67.8 Å². The number of nitrogens with one attached hydrogen (secondary N) is 2. The molecule has 1 saturated heterocycles. The fraction of sp³-hybridized carbons (Fsp3) is 0.143. The number of halogens is 1. The number of carbonyl (C=O) groups is 4. The molecule has 5 amide bonds. The molecule has 1 aliphatic heterocycles. The van der Waals surface area contributed by atoms with E-state index < -0.39 is 17.8 Å². The maximum atomic E-state index is 13.3. The Morgan fingerprint density at radius 3 is 2.49 bits per heavy atom. The molecule has 8 nitrogen and oxygen atoms in total. The standard InChI is InChI=1S/C28H24ClN3O5/c1-16-8-6-11-22(17(16)2)30-25(33)15-37-24-13-5-4-9-19(24)14-20-26(34)31-28(36)32(27(20)35)23-12-7-10-21(29)18(23)3/h4-14H,15H2,1-3H3,(H,30,33)(H,31,34,36)/b20-14-. The predicted molar refractivity (Wildman–Crippen MR) is 142 cm³/mol. The quantitative estimate of drug-likeness (QED) is 0.355. The summed E-state index contributed by atoms with van der Waals surface area (Å²) in [5.41, 5.74) is 3.59. The average molecular weight is 518 g/mol. The summed E-state index contributed by atoms with van der Waals surface area (Å²) in [6.07, 6.45) is 1.33. The maximum absolute atomic E-state index is 13.3. The fourth-order valence-corrected chi connectivity index (χ4v) is 3.99. The first-order valence-electron chi connectivity index (χ1n) is 11.4. The fourth-order valence-electron chi connectivity index (χ4n) is 3.82. The minimum absolute atomic E-state index is 0.265. The highest BCUT2D eigenvalue weighted by Crippen LogP contribution is 2.30. The Labute approximate surface area is 218 Å². The molecule has 0 aromatic heterocycles. The zero-order chi connectivity index (χ0) is 26.7. The molecule has 188 valence electrons. The normalized spacial score (nSPS) is 14.5. The molecule has 1 aliphatic rings. The number of anilines is 2. The van der Waals surface area contributed by atoms with Crippen LogP contribution in [0, 0.1) is 20.8 Å². The van der Waals surface area contributed by atoms with Gasteiger partial charge in [-0.2, -0.15) is 0 Å². The number of rotatable bonds is 6. The number of para-hydroxylation sites is 1. The number of nitrogens with zero attached hydrogens (tertiary/aromatic N) is 1. The Hall–Kier alpha value is -4.43. The zero-order valence-electron chi connectivity index (χ0n) is 20.4. The van der Waals surface area contributed by atoms with Crippen LogP contribution >= 0.6 is 11.6 Å². The van der Waals surface area contributed by atoms with Gasteiger partial charge in [0.2, 0.25) is 0 Å². The topological polar surface area (TPSA) is 105 Å². The SMILES string of the molecule is Cc1cccc(NC(=O)COc2ccccc2/C=C2/C(=O)NC(=O)N(c3cccc(Cl)c3C)C2=O)c1C. The van der Waals surface area contributed by atoms with Crippen molar-refractivity contribution in [2.24, 2.45) is 0 Å². The highest BCUT2D eigenvalue weighted by Gasteiger charge is 2.37. The molecule has 0 aliphatic carbocycles. The van der Waals surface area contributed by atoms with Crippen LogP contribution < -0.4 is 20.3 Å². The van der Waals surface area contributed by atoms with Gasteiger partial charge in [-0.1, -0.05) is 48.0 Å². The molecule has 0 spiro atoms. The van der Waals surface area contributed by atoms with E-state index in [-0.39, 0.29) is 29.5 Å². The van der Waals surface area contributed by atoms with Crippen molar-refractivity contribution in [3.05, 3.63) is 93.5 Å². The van der Waals surface area contributed by atoms with E-state index in [0.717, 1.165) is 16.0 Å². The molecule has 0 saturated carbocycles. The van der Waals surface area contributed by atoms with Gasteiger partial charge in [-0.25, -0.2) is 9.69 Å². The van der Waals surface area contributed by atoms with Crippen molar-refractivity contribution in [3.63, 3.8) is 0 Å². The van der Waals surface area contributed by atoms with E-state index in [1.54, 1.807) is 55.5 Å². The first-order valence-corrected chi connectivity index (χ1v) is 11.8. The molecule has 3 aromatic rings. The molecule has 0 bridgehead atoms. The summed E-state index contributed by atoms with van der Waals surface area (Å²) in [5, 5.41) is 5.39. The first kappa shape index (κ1) is 25.7.